The van der Waals surface area contributed by atoms with Crippen LogP contribution in [-0.4, -0.2) is 11.6 Å². The number of nitrogens with one attached hydrogen (secondary N) is 1. The highest BCUT2D eigenvalue weighted by Crippen LogP contribution is 2.18. The van der Waals surface area contributed by atoms with E-state index < -0.39 is 0 Å². The lowest BCUT2D eigenvalue weighted by Gasteiger charge is -2.32. The summed E-state index contributed by atoms with van der Waals surface area (Å²) in [5, 5.41) is 3.57. The van der Waals surface area contributed by atoms with E-state index in [-0.39, 0.29) is 15.4 Å². The van der Waals surface area contributed by atoms with Crippen molar-refractivity contribution in [3.8, 4) is 0 Å². The Bertz CT molecular complexity index is 166. The minimum absolute atomic E-state index is 0. The van der Waals surface area contributed by atoms with Crippen molar-refractivity contribution in [1.29, 1.82) is 0 Å². The fraction of sp³-hybridized carbons (Fsp3) is 0.667. The van der Waals surface area contributed by atoms with Crippen LogP contribution in [0.25, 0.3) is 0 Å². The molecular weight excluding hydrogens is 189 g/mol. The van der Waals surface area contributed by atoms with Gasteiger partial charge in [0.25, 0.3) is 0 Å². The summed E-state index contributed by atoms with van der Waals surface area (Å²) in [5.74, 6) is 0. The van der Waals surface area contributed by atoms with E-state index in [2.05, 4.69) is 39.2 Å². The van der Waals surface area contributed by atoms with E-state index in [4.69, 9.17) is 0 Å². The van der Waals surface area contributed by atoms with Gasteiger partial charge in [0.1, 0.15) is 0 Å². The van der Waals surface area contributed by atoms with Crippen LogP contribution in [0.2, 0.25) is 0 Å². The van der Waals surface area contributed by atoms with E-state index in [9.17, 15) is 0 Å². The van der Waals surface area contributed by atoms with Crippen LogP contribution in [0.15, 0.2) is 25.3 Å². The maximum absolute atomic E-state index is 3.80. The molecule has 2 heteroatoms. The van der Waals surface area contributed by atoms with Gasteiger partial charge in [0.05, 0.1) is 0 Å². The lowest BCUT2D eigenvalue weighted by atomic mass is 9.91. The van der Waals surface area contributed by atoms with E-state index in [1.807, 2.05) is 12.2 Å². The van der Waals surface area contributed by atoms with Crippen LogP contribution in [0.1, 0.15) is 40.0 Å². The first-order valence-electron chi connectivity index (χ1n) is 5.03. The van der Waals surface area contributed by atoms with E-state index >= 15 is 0 Å². The quantitative estimate of drug-likeness (QED) is 0.494. The lowest BCUT2D eigenvalue weighted by Crippen LogP contribution is -2.45. The molecule has 1 atom stereocenters. The van der Waals surface area contributed by atoms with Crippen molar-refractivity contribution in [2.24, 2.45) is 0 Å². The third kappa shape index (κ3) is 7.29. The molecular formula is C12H23NP. The average Bonchev–Trinajstić information content (AvgIpc) is 2.00. The van der Waals surface area contributed by atoms with Crippen LogP contribution in [-0.2, 0) is 0 Å². The van der Waals surface area contributed by atoms with Crippen molar-refractivity contribution in [3.63, 3.8) is 0 Å². The Labute approximate surface area is 92.7 Å². The molecule has 0 aliphatic carbocycles. The number of allylic oxidation sites excluding steroid dienone is 1. The van der Waals surface area contributed by atoms with Gasteiger partial charge in [0.15, 0.2) is 0 Å². The lowest BCUT2D eigenvalue weighted by molar-refractivity contribution is 0.309. The fourth-order valence-corrected chi connectivity index (χ4v) is 1.67. The van der Waals surface area contributed by atoms with Gasteiger partial charge < -0.3 is 5.32 Å². The molecule has 0 fully saturated rings. The van der Waals surface area contributed by atoms with Gasteiger partial charge in [-0.3, -0.25) is 0 Å². The predicted octanol–water partition coefficient (Wildman–Crippen LogP) is 4.15. The number of hydrogen-bond donors (Lipinski definition) is 1. The maximum Gasteiger partial charge on any atom is 0.0192 e. The molecule has 0 amide bonds. The molecule has 0 aliphatic heterocycles. The maximum atomic E-state index is 3.80. The molecule has 0 rings (SSSR count). The normalized spacial score (nSPS) is 14.3. The summed E-state index contributed by atoms with van der Waals surface area (Å²) in [6, 6.07) is 0.523. The summed E-state index contributed by atoms with van der Waals surface area (Å²) in [4.78, 5) is 0. The molecule has 1 unspecified atom stereocenters. The molecule has 0 saturated heterocycles. The van der Waals surface area contributed by atoms with Crippen molar-refractivity contribution in [1.82, 2.24) is 5.32 Å². The Kier molecular flexibility index (Phi) is 9.55. The first-order valence-corrected chi connectivity index (χ1v) is 5.03. The Morgan fingerprint density at radius 3 is 2.21 bits per heavy atom. The third-order valence-electron chi connectivity index (χ3n) is 2.13. The largest absolute Gasteiger partial charge is 0.309 e. The number of rotatable bonds is 7. The van der Waals surface area contributed by atoms with Crippen molar-refractivity contribution in [2.75, 3.05) is 0 Å². The van der Waals surface area contributed by atoms with Crippen molar-refractivity contribution >= 4 is 9.90 Å². The molecule has 1 nitrogen and oxygen atoms in total. The average molecular weight is 212 g/mol. The van der Waals surface area contributed by atoms with Gasteiger partial charge in [-0.2, -0.15) is 0 Å². The van der Waals surface area contributed by atoms with E-state index in [1.54, 1.807) is 0 Å². The molecule has 3 radical (unpaired) electrons. The smallest absolute Gasteiger partial charge is 0.0192 e. The summed E-state index contributed by atoms with van der Waals surface area (Å²) in [5.41, 5.74) is 0.185. The minimum Gasteiger partial charge on any atom is -0.309 e. The SMILES string of the molecule is C=CCCC(C)(CC=C)NC(C)C.[P]. The zero-order valence-electron chi connectivity index (χ0n) is 9.71. The molecule has 0 aromatic heterocycles. The summed E-state index contributed by atoms with van der Waals surface area (Å²) in [7, 11) is 0. The Morgan fingerprint density at radius 2 is 1.86 bits per heavy atom. The second-order valence-corrected chi connectivity index (χ2v) is 4.18. The summed E-state index contributed by atoms with van der Waals surface area (Å²) < 4.78 is 0. The van der Waals surface area contributed by atoms with Crippen LogP contribution < -0.4 is 5.32 Å². The topological polar surface area (TPSA) is 12.0 Å². The highest BCUT2D eigenvalue weighted by atomic mass is 31.0. The second kappa shape index (κ2) is 8.20. The van der Waals surface area contributed by atoms with E-state index in [0.717, 1.165) is 19.3 Å². The Morgan fingerprint density at radius 1 is 1.29 bits per heavy atom. The first-order chi connectivity index (χ1) is 6.04. The van der Waals surface area contributed by atoms with Crippen LogP contribution in [0.4, 0.5) is 0 Å². The third-order valence-corrected chi connectivity index (χ3v) is 2.13. The Balaban J connectivity index is 0. The van der Waals surface area contributed by atoms with Gasteiger partial charge in [0.2, 0.25) is 0 Å². The van der Waals surface area contributed by atoms with Crippen LogP contribution in [0, 0.1) is 0 Å². The van der Waals surface area contributed by atoms with Crippen LogP contribution in [0.3, 0.4) is 0 Å². The van der Waals surface area contributed by atoms with Crippen LogP contribution in [0.5, 0.6) is 0 Å². The van der Waals surface area contributed by atoms with Crippen molar-refractivity contribution < 1.29 is 0 Å². The molecule has 0 aromatic rings. The predicted molar refractivity (Wildman–Crippen MR) is 67.8 cm³/mol. The zero-order chi connectivity index (χ0) is 10.3. The van der Waals surface area contributed by atoms with E-state index in [0.29, 0.717) is 6.04 Å². The number of hydrogen-bond acceptors (Lipinski definition) is 1. The standard InChI is InChI=1S/C12H23N.P/c1-6-8-10-12(5,9-7-2)13-11(3)4;/h6-7,11,13H,1-2,8-10H2,3-5H3;. The van der Waals surface area contributed by atoms with Gasteiger partial charge in [-0.1, -0.05) is 26.0 Å². The van der Waals surface area contributed by atoms with Crippen LogP contribution >= 0.6 is 9.90 Å². The summed E-state index contributed by atoms with van der Waals surface area (Å²) in [6.07, 6.45) is 7.16. The highest BCUT2D eigenvalue weighted by Gasteiger charge is 2.21. The van der Waals surface area contributed by atoms with E-state index in [1.165, 1.54) is 0 Å². The highest BCUT2D eigenvalue weighted by molar-refractivity contribution is 6.92. The monoisotopic (exact) mass is 212 g/mol. The van der Waals surface area contributed by atoms with Gasteiger partial charge in [-0.25, -0.2) is 0 Å². The summed E-state index contributed by atoms with van der Waals surface area (Å²) >= 11 is 0. The van der Waals surface area contributed by atoms with Crippen molar-refractivity contribution in [2.45, 2.75) is 51.6 Å². The molecule has 0 bridgehead atoms. The van der Waals surface area contributed by atoms with Gasteiger partial charge in [0, 0.05) is 21.5 Å². The Hall–Kier alpha value is -0.130. The fourth-order valence-electron chi connectivity index (χ4n) is 1.67. The summed E-state index contributed by atoms with van der Waals surface area (Å²) in [6.45, 7) is 14.1. The molecule has 0 saturated carbocycles. The van der Waals surface area contributed by atoms with Gasteiger partial charge in [-0.15, -0.1) is 13.2 Å². The molecule has 14 heavy (non-hydrogen) atoms. The molecule has 81 valence electrons. The molecule has 0 aromatic carbocycles. The molecule has 1 N–H and O–H groups in total. The molecule has 0 aliphatic rings. The van der Waals surface area contributed by atoms with Gasteiger partial charge in [-0.05, 0) is 26.2 Å². The zero-order valence-corrected chi connectivity index (χ0v) is 10.6. The molecule has 0 spiro atoms. The second-order valence-electron chi connectivity index (χ2n) is 4.18. The van der Waals surface area contributed by atoms with Crippen molar-refractivity contribution in [3.05, 3.63) is 25.3 Å². The first kappa shape index (κ1) is 16.3. The van der Waals surface area contributed by atoms with Gasteiger partial charge >= 0.3 is 0 Å². The minimum atomic E-state index is 0. The molecule has 0 heterocycles.